The lowest BCUT2D eigenvalue weighted by molar-refractivity contribution is 0.0959. The van der Waals surface area contributed by atoms with Crippen molar-refractivity contribution in [1.82, 2.24) is 10.3 Å². The first-order valence-corrected chi connectivity index (χ1v) is 3.49. The van der Waals surface area contributed by atoms with Gasteiger partial charge < -0.3 is 10.1 Å². The highest BCUT2D eigenvalue weighted by molar-refractivity contribution is 5.96. The Morgan fingerprint density at radius 3 is 3.00 bits per heavy atom. The van der Waals surface area contributed by atoms with Crippen molar-refractivity contribution in [3.63, 3.8) is 0 Å². The molecule has 1 aromatic rings. The molecule has 0 saturated carbocycles. The Balaban J connectivity index is 3.04. The number of nitrogens with one attached hydrogen (secondary N) is 1. The highest BCUT2D eigenvalue weighted by Crippen LogP contribution is 2.14. The molecule has 4 heteroatoms. The molecule has 4 nitrogen and oxygen atoms in total. The van der Waals surface area contributed by atoms with Crippen LogP contribution in [0.15, 0.2) is 18.5 Å². The summed E-state index contributed by atoms with van der Waals surface area (Å²) in [6.07, 6.45) is 3.04. The van der Waals surface area contributed by atoms with Crippen LogP contribution in [0.25, 0.3) is 0 Å². The fraction of sp³-hybridized carbons (Fsp3) is 0.250. The first-order chi connectivity index (χ1) is 5.79. The van der Waals surface area contributed by atoms with Gasteiger partial charge in [-0.15, -0.1) is 0 Å². The minimum atomic E-state index is -0.194. The molecule has 0 unspecified atom stereocenters. The Kier molecular flexibility index (Phi) is 2.63. The molecule has 1 heterocycles. The van der Waals surface area contributed by atoms with Crippen LogP contribution >= 0.6 is 0 Å². The maximum Gasteiger partial charge on any atom is 0.256 e. The number of amides is 1. The van der Waals surface area contributed by atoms with Gasteiger partial charge in [-0.3, -0.25) is 9.78 Å². The molecule has 1 amide bonds. The van der Waals surface area contributed by atoms with Crippen LogP contribution in [0.3, 0.4) is 0 Å². The smallest absolute Gasteiger partial charge is 0.256 e. The van der Waals surface area contributed by atoms with E-state index < -0.39 is 0 Å². The van der Waals surface area contributed by atoms with Crippen LogP contribution in [-0.4, -0.2) is 25.0 Å². The molecule has 0 radical (unpaired) electrons. The Hall–Kier alpha value is -1.58. The van der Waals surface area contributed by atoms with Crippen molar-refractivity contribution in [2.75, 3.05) is 14.2 Å². The summed E-state index contributed by atoms with van der Waals surface area (Å²) < 4.78 is 4.97. The van der Waals surface area contributed by atoms with Gasteiger partial charge in [0.05, 0.1) is 12.7 Å². The summed E-state index contributed by atoms with van der Waals surface area (Å²) in [6, 6.07) is 1.64. The number of carbonyl (C=O) groups is 1. The van der Waals surface area contributed by atoms with Gasteiger partial charge in [-0.05, 0) is 6.07 Å². The number of nitrogens with zero attached hydrogens (tertiary/aromatic N) is 1. The van der Waals surface area contributed by atoms with E-state index in [0.717, 1.165) is 0 Å². The number of hydrogen-bond acceptors (Lipinski definition) is 3. The Morgan fingerprint density at radius 1 is 1.67 bits per heavy atom. The molecule has 12 heavy (non-hydrogen) atoms. The van der Waals surface area contributed by atoms with E-state index in [4.69, 9.17) is 4.74 Å². The van der Waals surface area contributed by atoms with Crippen molar-refractivity contribution < 1.29 is 9.53 Å². The van der Waals surface area contributed by atoms with Gasteiger partial charge in [0, 0.05) is 19.4 Å². The summed E-state index contributed by atoms with van der Waals surface area (Å²) in [7, 11) is 3.08. The van der Waals surface area contributed by atoms with E-state index in [1.165, 1.54) is 13.3 Å². The van der Waals surface area contributed by atoms with Crippen molar-refractivity contribution in [3.8, 4) is 5.75 Å². The zero-order valence-corrected chi connectivity index (χ0v) is 7.00. The van der Waals surface area contributed by atoms with Crippen LogP contribution in [0.4, 0.5) is 0 Å². The molecule has 0 fully saturated rings. The van der Waals surface area contributed by atoms with Crippen molar-refractivity contribution in [2.45, 2.75) is 0 Å². The first-order valence-electron chi connectivity index (χ1n) is 3.49. The molecule has 0 aliphatic carbocycles. The molecule has 1 N–H and O–H groups in total. The zero-order chi connectivity index (χ0) is 8.97. The van der Waals surface area contributed by atoms with Crippen LogP contribution in [0, 0.1) is 0 Å². The minimum absolute atomic E-state index is 0.194. The third-order valence-electron chi connectivity index (χ3n) is 1.47. The third-order valence-corrected chi connectivity index (χ3v) is 1.47. The predicted molar refractivity (Wildman–Crippen MR) is 44.2 cm³/mol. The molecule has 0 saturated heterocycles. The fourth-order valence-corrected chi connectivity index (χ4v) is 0.865. The van der Waals surface area contributed by atoms with Crippen molar-refractivity contribution in [1.29, 1.82) is 0 Å². The van der Waals surface area contributed by atoms with E-state index in [1.807, 2.05) is 0 Å². The lowest BCUT2D eigenvalue weighted by Gasteiger charge is -2.04. The topological polar surface area (TPSA) is 51.2 Å². The molecule has 1 rings (SSSR count). The molecule has 64 valence electrons. The van der Waals surface area contributed by atoms with Crippen molar-refractivity contribution >= 4 is 5.91 Å². The lowest BCUT2D eigenvalue weighted by atomic mass is 10.2. The second-order valence-corrected chi connectivity index (χ2v) is 2.16. The van der Waals surface area contributed by atoms with Gasteiger partial charge in [-0.25, -0.2) is 0 Å². The molecule has 0 aliphatic rings. The van der Waals surface area contributed by atoms with E-state index in [2.05, 4.69) is 10.3 Å². The quantitative estimate of drug-likeness (QED) is 0.694. The normalized spacial score (nSPS) is 9.17. The first kappa shape index (κ1) is 8.52. The number of pyridine rings is 1. The monoisotopic (exact) mass is 166 g/mol. The van der Waals surface area contributed by atoms with Gasteiger partial charge in [0.15, 0.2) is 0 Å². The zero-order valence-electron chi connectivity index (χ0n) is 7.00. The maximum atomic E-state index is 11.2. The molecule has 0 spiro atoms. The average molecular weight is 166 g/mol. The largest absolute Gasteiger partial charge is 0.496 e. The summed E-state index contributed by atoms with van der Waals surface area (Å²) in [5, 5.41) is 2.50. The van der Waals surface area contributed by atoms with E-state index in [1.54, 1.807) is 19.3 Å². The Morgan fingerprint density at radius 2 is 2.42 bits per heavy atom. The highest BCUT2D eigenvalue weighted by Gasteiger charge is 2.08. The molecule has 1 aromatic heterocycles. The molecular weight excluding hydrogens is 156 g/mol. The fourth-order valence-electron chi connectivity index (χ4n) is 0.865. The second-order valence-electron chi connectivity index (χ2n) is 2.16. The summed E-state index contributed by atoms with van der Waals surface area (Å²) in [4.78, 5) is 15.0. The van der Waals surface area contributed by atoms with E-state index >= 15 is 0 Å². The van der Waals surface area contributed by atoms with E-state index in [9.17, 15) is 4.79 Å². The predicted octanol–water partition coefficient (Wildman–Crippen LogP) is 0.450. The van der Waals surface area contributed by atoms with Crippen LogP contribution < -0.4 is 10.1 Å². The number of aromatic nitrogens is 1. The third kappa shape index (κ3) is 1.53. The number of methoxy groups -OCH3 is 1. The minimum Gasteiger partial charge on any atom is -0.496 e. The summed E-state index contributed by atoms with van der Waals surface area (Å²) in [5.74, 6) is 0.337. The molecule has 0 bridgehead atoms. The van der Waals surface area contributed by atoms with Crippen LogP contribution in [0.5, 0.6) is 5.75 Å². The molecule has 0 atom stereocenters. The standard InChI is InChI=1S/C8H10N2O2/c1-9-8(11)6-5-10-4-3-7(6)12-2/h3-5H,1-2H3,(H,9,11). The van der Waals surface area contributed by atoms with Crippen molar-refractivity contribution in [3.05, 3.63) is 24.0 Å². The van der Waals surface area contributed by atoms with E-state index in [0.29, 0.717) is 11.3 Å². The van der Waals surface area contributed by atoms with Gasteiger partial charge in [0.1, 0.15) is 5.75 Å². The number of hydrogen-bond donors (Lipinski definition) is 1. The van der Waals surface area contributed by atoms with Gasteiger partial charge in [0.25, 0.3) is 5.91 Å². The second kappa shape index (κ2) is 3.71. The van der Waals surface area contributed by atoms with Gasteiger partial charge >= 0.3 is 0 Å². The summed E-state index contributed by atoms with van der Waals surface area (Å²) in [5.41, 5.74) is 0.447. The molecule has 0 aromatic carbocycles. The van der Waals surface area contributed by atoms with Gasteiger partial charge in [-0.2, -0.15) is 0 Å². The Labute approximate surface area is 70.6 Å². The lowest BCUT2D eigenvalue weighted by Crippen LogP contribution is -2.18. The number of ether oxygens (including phenoxy) is 1. The number of rotatable bonds is 2. The summed E-state index contributed by atoms with van der Waals surface area (Å²) in [6.45, 7) is 0. The SMILES string of the molecule is CNC(=O)c1cnccc1OC. The van der Waals surface area contributed by atoms with Gasteiger partial charge in [0.2, 0.25) is 0 Å². The average Bonchev–Trinajstić information content (AvgIpc) is 2.16. The molecular formula is C8H10N2O2. The molecule has 0 aliphatic heterocycles. The van der Waals surface area contributed by atoms with Gasteiger partial charge in [-0.1, -0.05) is 0 Å². The summed E-state index contributed by atoms with van der Waals surface area (Å²) >= 11 is 0. The Bertz CT molecular complexity index is 286. The van der Waals surface area contributed by atoms with Crippen LogP contribution in [-0.2, 0) is 0 Å². The highest BCUT2D eigenvalue weighted by atomic mass is 16.5. The van der Waals surface area contributed by atoms with Crippen LogP contribution in [0.2, 0.25) is 0 Å². The number of carbonyl (C=O) groups excluding carboxylic acids is 1. The van der Waals surface area contributed by atoms with Crippen LogP contribution in [0.1, 0.15) is 10.4 Å². The van der Waals surface area contributed by atoms with Crippen molar-refractivity contribution in [2.24, 2.45) is 0 Å². The maximum absolute atomic E-state index is 11.2. The van der Waals surface area contributed by atoms with E-state index in [-0.39, 0.29) is 5.91 Å².